The molecule has 4 aromatic rings. The Kier molecular flexibility index (Phi) is 6.00. The van der Waals surface area contributed by atoms with E-state index in [0.29, 0.717) is 43.9 Å². The maximum Gasteiger partial charge on any atom is 0.275 e. The Morgan fingerprint density at radius 2 is 1.54 bits per heavy atom. The summed E-state index contributed by atoms with van der Waals surface area (Å²) in [7, 11) is 0. The van der Waals surface area contributed by atoms with Gasteiger partial charge in [-0.2, -0.15) is 5.10 Å². The Morgan fingerprint density at radius 3 is 2.32 bits per heavy atom. The molecule has 0 atom stereocenters. The summed E-state index contributed by atoms with van der Waals surface area (Å²) in [6, 6.07) is 19.5. The predicted octanol–water partition coefficient (Wildman–Crippen LogP) is 3.86. The van der Waals surface area contributed by atoms with Crippen LogP contribution in [0.15, 0.2) is 72.9 Å². The molecule has 2 amide bonds. The van der Waals surface area contributed by atoms with E-state index in [1.165, 1.54) is 29.8 Å². The van der Waals surface area contributed by atoms with E-state index >= 15 is 0 Å². The van der Waals surface area contributed by atoms with Crippen molar-refractivity contribution in [3.63, 3.8) is 0 Å². The molecule has 0 saturated carbocycles. The maximum atomic E-state index is 13.8. The van der Waals surface area contributed by atoms with Crippen LogP contribution < -0.4 is 0 Å². The van der Waals surface area contributed by atoms with Crippen molar-refractivity contribution in [2.75, 3.05) is 13.1 Å². The van der Waals surface area contributed by atoms with Gasteiger partial charge >= 0.3 is 0 Å². The summed E-state index contributed by atoms with van der Waals surface area (Å²) in [5.41, 5.74) is 5.81. The molecule has 8 heteroatoms. The number of pyridine rings is 1. The molecule has 0 bridgehead atoms. The van der Waals surface area contributed by atoms with E-state index in [0.717, 1.165) is 28.9 Å². The van der Waals surface area contributed by atoms with Crippen molar-refractivity contribution in [1.82, 2.24) is 24.6 Å². The van der Waals surface area contributed by atoms with Gasteiger partial charge in [0.15, 0.2) is 5.69 Å². The first kappa shape index (κ1) is 23.1. The summed E-state index contributed by atoms with van der Waals surface area (Å²) in [5, 5.41) is 4.79. The molecule has 2 aliphatic heterocycles. The van der Waals surface area contributed by atoms with Crippen LogP contribution in [0, 0.1) is 5.82 Å². The SMILES string of the molecule is O=C(c1ccc(F)cc1)N1CCc2c(c(C(=O)N3CCc4ccccc4C3)nn2Cc2ccccn2)C1. The largest absolute Gasteiger partial charge is 0.334 e. The number of halogens is 1. The number of benzene rings is 2. The van der Waals surface area contributed by atoms with Gasteiger partial charge in [-0.05, 0) is 53.9 Å². The Balaban J connectivity index is 1.33. The fourth-order valence-electron chi connectivity index (χ4n) is 5.21. The molecule has 4 heterocycles. The van der Waals surface area contributed by atoms with Gasteiger partial charge in [0.05, 0.1) is 18.8 Å². The predicted molar refractivity (Wildman–Crippen MR) is 135 cm³/mol. The highest BCUT2D eigenvalue weighted by Crippen LogP contribution is 2.27. The van der Waals surface area contributed by atoms with E-state index in [4.69, 9.17) is 5.10 Å². The number of carbonyl (C=O) groups is 2. The third kappa shape index (κ3) is 4.50. The standard InChI is InChI=1S/C29H26FN5O2/c30-23-10-8-21(9-11-23)28(36)34-16-13-26-25(19-34)27(32-35(26)18-24-7-3-4-14-31-24)29(37)33-15-12-20-5-1-2-6-22(20)17-33/h1-11,14H,12-13,15-19H2. The van der Waals surface area contributed by atoms with Crippen LogP contribution in [0.4, 0.5) is 4.39 Å². The van der Waals surface area contributed by atoms with Crippen molar-refractivity contribution in [2.45, 2.75) is 32.5 Å². The number of nitrogens with zero attached hydrogens (tertiary/aromatic N) is 5. The summed E-state index contributed by atoms with van der Waals surface area (Å²) >= 11 is 0. The highest BCUT2D eigenvalue weighted by atomic mass is 19.1. The summed E-state index contributed by atoms with van der Waals surface area (Å²) in [4.78, 5) is 35.0. The summed E-state index contributed by atoms with van der Waals surface area (Å²) in [5.74, 6) is -0.695. The summed E-state index contributed by atoms with van der Waals surface area (Å²) < 4.78 is 15.3. The van der Waals surface area contributed by atoms with Crippen LogP contribution in [0.3, 0.4) is 0 Å². The Hall–Kier alpha value is -4.33. The minimum atomic E-state index is -0.385. The molecule has 0 N–H and O–H groups in total. The zero-order valence-corrected chi connectivity index (χ0v) is 20.3. The van der Waals surface area contributed by atoms with Gasteiger partial charge in [0.1, 0.15) is 5.82 Å². The van der Waals surface area contributed by atoms with Crippen LogP contribution in [0.25, 0.3) is 0 Å². The van der Waals surface area contributed by atoms with Crippen molar-refractivity contribution in [2.24, 2.45) is 0 Å². The van der Waals surface area contributed by atoms with E-state index in [-0.39, 0.29) is 24.2 Å². The van der Waals surface area contributed by atoms with Crippen LogP contribution in [-0.2, 0) is 32.5 Å². The van der Waals surface area contributed by atoms with Crippen molar-refractivity contribution >= 4 is 11.8 Å². The quantitative estimate of drug-likeness (QED) is 0.431. The van der Waals surface area contributed by atoms with Crippen LogP contribution in [-0.4, -0.2) is 49.5 Å². The normalized spacial score (nSPS) is 14.7. The minimum Gasteiger partial charge on any atom is -0.334 e. The molecule has 0 saturated heterocycles. The van der Waals surface area contributed by atoms with Crippen LogP contribution in [0.5, 0.6) is 0 Å². The molecular formula is C29H26FN5O2. The maximum absolute atomic E-state index is 13.8. The first-order valence-electron chi connectivity index (χ1n) is 12.5. The number of hydrogen-bond donors (Lipinski definition) is 0. The van der Waals surface area contributed by atoms with Gasteiger partial charge in [0.25, 0.3) is 11.8 Å². The van der Waals surface area contributed by atoms with Crippen molar-refractivity contribution in [1.29, 1.82) is 0 Å². The van der Waals surface area contributed by atoms with E-state index in [1.54, 1.807) is 11.1 Å². The zero-order valence-electron chi connectivity index (χ0n) is 20.3. The number of aromatic nitrogens is 3. The van der Waals surface area contributed by atoms with Crippen LogP contribution in [0.2, 0.25) is 0 Å². The van der Waals surface area contributed by atoms with E-state index in [1.807, 2.05) is 39.9 Å². The van der Waals surface area contributed by atoms with Gasteiger partial charge in [-0.15, -0.1) is 0 Å². The van der Waals surface area contributed by atoms with Crippen molar-refractivity contribution in [3.8, 4) is 0 Å². The van der Waals surface area contributed by atoms with Crippen LogP contribution in [0.1, 0.15) is 48.9 Å². The molecule has 2 aliphatic rings. The number of rotatable bonds is 4. The molecule has 186 valence electrons. The molecule has 6 rings (SSSR count). The number of fused-ring (bicyclic) bond motifs is 2. The molecular weight excluding hydrogens is 469 g/mol. The van der Waals surface area contributed by atoms with Gasteiger partial charge in [-0.25, -0.2) is 4.39 Å². The molecule has 0 unspecified atom stereocenters. The average molecular weight is 496 g/mol. The first-order chi connectivity index (χ1) is 18.1. The highest BCUT2D eigenvalue weighted by Gasteiger charge is 2.33. The zero-order chi connectivity index (χ0) is 25.4. The van der Waals surface area contributed by atoms with E-state index < -0.39 is 0 Å². The lowest BCUT2D eigenvalue weighted by atomic mass is 9.98. The summed E-state index contributed by atoms with van der Waals surface area (Å²) in [6.45, 7) is 2.37. The second-order valence-electron chi connectivity index (χ2n) is 9.48. The molecule has 0 spiro atoms. The third-order valence-corrected chi connectivity index (χ3v) is 7.17. The monoisotopic (exact) mass is 495 g/mol. The lowest BCUT2D eigenvalue weighted by Crippen LogP contribution is -2.39. The smallest absolute Gasteiger partial charge is 0.275 e. The van der Waals surface area contributed by atoms with Crippen LogP contribution >= 0.6 is 0 Å². The van der Waals surface area contributed by atoms with Crippen molar-refractivity contribution in [3.05, 3.63) is 118 Å². The van der Waals surface area contributed by atoms with E-state index in [9.17, 15) is 14.0 Å². The molecule has 0 radical (unpaired) electrons. The number of amides is 2. The number of carbonyl (C=O) groups excluding carboxylic acids is 2. The lowest BCUT2D eigenvalue weighted by molar-refractivity contribution is 0.0703. The van der Waals surface area contributed by atoms with E-state index in [2.05, 4.69) is 17.1 Å². The highest BCUT2D eigenvalue weighted by molar-refractivity contribution is 5.96. The molecule has 37 heavy (non-hydrogen) atoms. The Labute approximate surface area is 214 Å². The molecule has 0 fully saturated rings. The number of hydrogen-bond acceptors (Lipinski definition) is 4. The fraction of sp³-hybridized carbons (Fsp3) is 0.241. The molecule has 2 aromatic carbocycles. The molecule has 0 aliphatic carbocycles. The third-order valence-electron chi connectivity index (χ3n) is 7.17. The first-order valence-corrected chi connectivity index (χ1v) is 12.5. The topological polar surface area (TPSA) is 71.3 Å². The minimum absolute atomic E-state index is 0.124. The second kappa shape index (κ2) is 9.61. The van der Waals surface area contributed by atoms with Gasteiger partial charge in [0, 0.05) is 49.1 Å². The average Bonchev–Trinajstić information content (AvgIpc) is 3.30. The Bertz CT molecular complexity index is 1470. The summed E-state index contributed by atoms with van der Waals surface area (Å²) in [6.07, 6.45) is 3.11. The second-order valence-corrected chi connectivity index (χ2v) is 9.48. The molecule has 7 nitrogen and oxygen atoms in total. The van der Waals surface area contributed by atoms with Crippen molar-refractivity contribution < 1.29 is 14.0 Å². The van der Waals surface area contributed by atoms with Gasteiger partial charge in [-0.1, -0.05) is 30.3 Å². The lowest BCUT2D eigenvalue weighted by Gasteiger charge is -2.30. The molecule has 2 aromatic heterocycles. The fourth-order valence-corrected chi connectivity index (χ4v) is 5.21. The Morgan fingerprint density at radius 1 is 0.811 bits per heavy atom. The van der Waals surface area contributed by atoms with Gasteiger partial charge in [0.2, 0.25) is 0 Å². The van der Waals surface area contributed by atoms with Gasteiger partial charge in [-0.3, -0.25) is 19.3 Å². The van der Waals surface area contributed by atoms with Gasteiger partial charge < -0.3 is 9.80 Å².